The molecular weight excluding hydrogens is 188 g/mol. The monoisotopic (exact) mass is 214 g/mol. The zero-order valence-corrected chi connectivity index (χ0v) is 10.8. The maximum atomic E-state index is 5.75. The fourth-order valence-corrected chi connectivity index (χ4v) is 2.59. The highest BCUT2D eigenvalue weighted by Gasteiger charge is 2.28. The number of nitrogens with zero attached hydrogens (tertiary/aromatic N) is 1. The van der Waals surface area contributed by atoms with Crippen molar-refractivity contribution in [2.75, 3.05) is 20.1 Å². The van der Waals surface area contributed by atoms with Gasteiger partial charge in [-0.1, -0.05) is 6.92 Å². The van der Waals surface area contributed by atoms with Crippen LogP contribution in [0, 0.1) is 0 Å². The van der Waals surface area contributed by atoms with Gasteiger partial charge in [-0.25, -0.2) is 0 Å². The van der Waals surface area contributed by atoms with E-state index in [4.69, 9.17) is 4.74 Å². The maximum Gasteiger partial charge on any atom is 0.0678 e. The molecule has 0 bridgehead atoms. The van der Waals surface area contributed by atoms with Gasteiger partial charge in [0.05, 0.1) is 12.2 Å². The van der Waals surface area contributed by atoms with Crippen molar-refractivity contribution in [3.8, 4) is 0 Å². The van der Waals surface area contributed by atoms with Gasteiger partial charge in [-0.3, -0.25) is 4.90 Å². The number of rotatable bonds is 4. The zero-order chi connectivity index (χ0) is 11.4. The van der Waals surface area contributed by atoms with E-state index < -0.39 is 0 Å². The molecule has 1 saturated heterocycles. The topological polar surface area (TPSA) is 24.5 Å². The van der Waals surface area contributed by atoms with Gasteiger partial charge in [-0.05, 0) is 34.2 Å². The molecule has 0 aliphatic carbocycles. The van der Waals surface area contributed by atoms with Crippen LogP contribution >= 0.6 is 0 Å². The van der Waals surface area contributed by atoms with Gasteiger partial charge >= 0.3 is 0 Å². The van der Waals surface area contributed by atoms with Crippen molar-refractivity contribution < 1.29 is 4.74 Å². The van der Waals surface area contributed by atoms with E-state index in [0.717, 1.165) is 13.1 Å². The molecule has 1 rings (SSSR count). The van der Waals surface area contributed by atoms with Crippen molar-refractivity contribution in [1.29, 1.82) is 0 Å². The number of ether oxygens (including phenoxy) is 1. The average Bonchev–Trinajstić information content (AvgIpc) is 2.18. The SMILES string of the molecule is CCC(NC)C(C)N1CC(C)OC(C)C1. The molecule has 4 unspecified atom stereocenters. The highest BCUT2D eigenvalue weighted by Crippen LogP contribution is 2.16. The number of hydrogen-bond donors (Lipinski definition) is 1. The summed E-state index contributed by atoms with van der Waals surface area (Å²) < 4.78 is 5.75. The third-order valence-corrected chi connectivity index (χ3v) is 3.42. The van der Waals surface area contributed by atoms with Gasteiger partial charge in [-0.2, -0.15) is 0 Å². The fraction of sp³-hybridized carbons (Fsp3) is 1.00. The molecule has 3 nitrogen and oxygen atoms in total. The van der Waals surface area contributed by atoms with Gasteiger partial charge in [0, 0.05) is 25.2 Å². The second-order valence-electron chi connectivity index (χ2n) is 4.76. The molecule has 0 spiro atoms. The molecule has 1 aliphatic rings. The molecule has 0 aromatic carbocycles. The van der Waals surface area contributed by atoms with Crippen LogP contribution in [0.2, 0.25) is 0 Å². The van der Waals surface area contributed by atoms with Gasteiger partial charge in [0.2, 0.25) is 0 Å². The third-order valence-electron chi connectivity index (χ3n) is 3.42. The van der Waals surface area contributed by atoms with Crippen molar-refractivity contribution in [2.24, 2.45) is 0 Å². The van der Waals surface area contributed by atoms with Crippen LogP contribution in [0.1, 0.15) is 34.1 Å². The Bertz CT molecular complexity index is 172. The smallest absolute Gasteiger partial charge is 0.0678 e. The lowest BCUT2D eigenvalue weighted by molar-refractivity contribution is -0.0819. The van der Waals surface area contributed by atoms with Gasteiger partial charge in [0.15, 0.2) is 0 Å². The summed E-state index contributed by atoms with van der Waals surface area (Å²) in [5, 5.41) is 3.40. The standard InChI is InChI=1S/C12H26N2O/c1-6-12(13-5)11(4)14-7-9(2)15-10(3)8-14/h9-13H,6-8H2,1-5H3. The normalized spacial score (nSPS) is 32.6. The van der Waals surface area contributed by atoms with Crippen molar-refractivity contribution in [2.45, 2.75) is 58.4 Å². The van der Waals surface area contributed by atoms with Crippen molar-refractivity contribution in [1.82, 2.24) is 10.2 Å². The van der Waals surface area contributed by atoms with E-state index in [1.165, 1.54) is 6.42 Å². The van der Waals surface area contributed by atoms with E-state index in [1.807, 2.05) is 0 Å². The predicted octanol–water partition coefficient (Wildman–Crippen LogP) is 1.48. The molecule has 15 heavy (non-hydrogen) atoms. The fourth-order valence-electron chi connectivity index (χ4n) is 2.59. The number of hydrogen-bond acceptors (Lipinski definition) is 3. The van der Waals surface area contributed by atoms with Crippen LogP contribution in [0.5, 0.6) is 0 Å². The molecule has 0 radical (unpaired) electrons. The Morgan fingerprint density at radius 2 is 1.87 bits per heavy atom. The van der Waals surface area contributed by atoms with E-state index in [0.29, 0.717) is 24.3 Å². The summed E-state index contributed by atoms with van der Waals surface area (Å²) in [5.41, 5.74) is 0. The molecule has 1 aliphatic heterocycles. The zero-order valence-electron chi connectivity index (χ0n) is 10.8. The van der Waals surface area contributed by atoms with Crippen LogP contribution in [0.3, 0.4) is 0 Å². The lowest BCUT2D eigenvalue weighted by Crippen LogP contribution is -2.55. The number of likely N-dealkylation sites (N-methyl/N-ethyl adjacent to an activating group) is 1. The Labute approximate surface area is 94.2 Å². The Morgan fingerprint density at radius 1 is 1.33 bits per heavy atom. The maximum absolute atomic E-state index is 5.75. The van der Waals surface area contributed by atoms with Crippen LogP contribution in [-0.4, -0.2) is 49.3 Å². The Balaban J connectivity index is 2.53. The summed E-state index contributed by atoms with van der Waals surface area (Å²) in [6.45, 7) is 11.0. The summed E-state index contributed by atoms with van der Waals surface area (Å²) in [4.78, 5) is 2.55. The minimum atomic E-state index is 0.366. The summed E-state index contributed by atoms with van der Waals surface area (Å²) in [5.74, 6) is 0. The third kappa shape index (κ3) is 3.44. The van der Waals surface area contributed by atoms with Gasteiger partial charge < -0.3 is 10.1 Å². The Kier molecular flexibility index (Phi) is 5.03. The van der Waals surface area contributed by atoms with Crippen LogP contribution in [0.15, 0.2) is 0 Å². The highest BCUT2D eigenvalue weighted by molar-refractivity contribution is 4.84. The molecule has 0 aromatic heterocycles. The van der Waals surface area contributed by atoms with E-state index in [9.17, 15) is 0 Å². The van der Waals surface area contributed by atoms with E-state index in [2.05, 4.69) is 45.0 Å². The largest absolute Gasteiger partial charge is 0.373 e. The first-order valence-corrected chi connectivity index (χ1v) is 6.15. The quantitative estimate of drug-likeness (QED) is 0.767. The molecule has 3 heteroatoms. The minimum absolute atomic E-state index is 0.366. The first kappa shape index (κ1) is 12.9. The molecule has 0 amide bonds. The molecule has 1 N–H and O–H groups in total. The lowest BCUT2D eigenvalue weighted by atomic mass is 10.0. The minimum Gasteiger partial charge on any atom is -0.373 e. The predicted molar refractivity (Wildman–Crippen MR) is 64.2 cm³/mol. The van der Waals surface area contributed by atoms with Gasteiger partial charge in [-0.15, -0.1) is 0 Å². The molecule has 0 aromatic rings. The highest BCUT2D eigenvalue weighted by atomic mass is 16.5. The van der Waals surface area contributed by atoms with Crippen molar-refractivity contribution in [3.05, 3.63) is 0 Å². The Morgan fingerprint density at radius 3 is 2.27 bits per heavy atom. The summed E-state index contributed by atoms with van der Waals surface area (Å²) in [6.07, 6.45) is 1.91. The van der Waals surface area contributed by atoms with E-state index in [1.54, 1.807) is 0 Å². The van der Waals surface area contributed by atoms with E-state index in [-0.39, 0.29) is 0 Å². The number of nitrogens with one attached hydrogen (secondary N) is 1. The van der Waals surface area contributed by atoms with Crippen LogP contribution in [-0.2, 0) is 4.74 Å². The summed E-state index contributed by atoms with van der Waals surface area (Å²) in [6, 6.07) is 1.18. The van der Waals surface area contributed by atoms with Crippen molar-refractivity contribution in [3.63, 3.8) is 0 Å². The van der Waals surface area contributed by atoms with Crippen LogP contribution in [0.4, 0.5) is 0 Å². The van der Waals surface area contributed by atoms with Crippen molar-refractivity contribution >= 4 is 0 Å². The first-order valence-electron chi connectivity index (χ1n) is 6.15. The molecule has 1 heterocycles. The summed E-state index contributed by atoms with van der Waals surface area (Å²) >= 11 is 0. The number of morpholine rings is 1. The van der Waals surface area contributed by atoms with Crippen LogP contribution in [0.25, 0.3) is 0 Å². The Hall–Kier alpha value is -0.120. The van der Waals surface area contributed by atoms with E-state index >= 15 is 0 Å². The van der Waals surface area contributed by atoms with Crippen LogP contribution < -0.4 is 5.32 Å². The van der Waals surface area contributed by atoms with Gasteiger partial charge in [0.25, 0.3) is 0 Å². The molecule has 4 atom stereocenters. The molecule has 0 saturated carbocycles. The van der Waals surface area contributed by atoms with Gasteiger partial charge in [0.1, 0.15) is 0 Å². The second kappa shape index (κ2) is 5.83. The molecular formula is C12H26N2O. The summed E-state index contributed by atoms with van der Waals surface area (Å²) in [7, 11) is 2.05. The molecule has 90 valence electrons. The first-order chi connectivity index (χ1) is 7.08. The second-order valence-corrected chi connectivity index (χ2v) is 4.76. The molecule has 1 fully saturated rings. The lowest BCUT2D eigenvalue weighted by Gasteiger charge is -2.41. The average molecular weight is 214 g/mol.